The van der Waals surface area contributed by atoms with Crippen molar-refractivity contribution < 1.29 is 4.74 Å². The molecule has 1 fully saturated rings. The SMILES string of the molecule is Cn1c(CC2COCCN2)nc2cccnc21. The molecule has 2 aromatic rings. The van der Waals surface area contributed by atoms with Crippen molar-refractivity contribution in [2.75, 3.05) is 19.8 Å². The molecule has 0 spiro atoms. The number of aryl methyl sites for hydroxylation is 1. The van der Waals surface area contributed by atoms with E-state index in [-0.39, 0.29) is 0 Å². The Balaban J connectivity index is 1.87. The molecule has 90 valence electrons. The zero-order valence-corrected chi connectivity index (χ0v) is 9.89. The van der Waals surface area contributed by atoms with E-state index in [4.69, 9.17) is 4.74 Å². The van der Waals surface area contributed by atoms with Gasteiger partial charge in [-0.2, -0.15) is 0 Å². The van der Waals surface area contributed by atoms with Gasteiger partial charge in [0.15, 0.2) is 5.65 Å². The van der Waals surface area contributed by atoms with E-state index in [2.05, 4.69) is 19.9 Å². The number of fused-ring (bicyclic) bond motifs is 1. The van der Waals surface area contributed by atoms with Crippen LogP contribution in [0.4, 0.5) is 0 Å². The van der Waals surface area contributed by atoms with Gasteiger partial charge in [-0.1, -0.05) is 0 Å². The van der Waals surface area contributed by atoms with Crippen molar-refractivity contribution in [3.63, 3.8) is 0 Å². The minimum absolute atomic E-state index is 0.360. The molecule has 0 aliphatic carbocycles. The van der Waals surface area contributed by atoms with E-state index in [9.17, 15) is 0 Å². The number of hydrogen-bond acceptors (Lipinski definition) is 4. The van der Waals surface area contributed by atoms with Crippen LogP contribution in [0.3, 0.4) is 0 Å². The third-order valence-electron chi connectivity index (χ3n) is 3.15. The molecule has 5 heteroatoms. The van der Waals surface area contributed by atoms with Gasteiger partial charge in [0.1, 0.15) is 11.3 Å². The number of rotatable bonds is 2. The summed E-state index contributed by atoms with van der Waals surface area (Å²) in [5.41, 5.74) is 1.90. The summed E-state index contributed by atoms with van der Waals surface area (Å²) in [4.78, 5) is 8.95. The van der Waals surface area contributed by atoms with Crippen LogP contribution in [0.1, 0.15) is 5.82 Å². The average molecular weight is 232 g/mol. The number of hydrogen-bond donors (Lipinski definition) is 1. The first kappa shape index (κ1) is 10.7. The molecule has 1 N–H and O–H groups in total. The van der Waals surface area contributed by atoms with Gasteiger partial charge in [-0.15, -0.1) is 0 Å². The lowest BCUT2D eigenvalue weighted by Crippen LogP contribution is -2.42. The topological polar surface area (TPSA) is 52.0 Å². The van der Waals surface area contributed by atoms with E-state index in [1.54, 1.807) is 6.20 Å². The van der Waals surface area contributed by atoms with Crippen LogP contribution < -0.4 is 5.32 Å². The molecule has 1 aliphatic rings. The van der Waals surface area contributed by atoms with Crippen molar-refractivity contribution in [3.8, 4) is 0 Å². The Kier molecular flexibility index (Phi) is 2.78. The minimum atomic E-state index is 0.360. The summed E-state index contributed by atoms with van der Waals surface area (Å²) in [5.74, 6) is 1.06. The zero-order valence-electron chi connectivity index (χ0n) is 9.89. The van der Waals surface area contributed by atoms with Gasteiger partial charge in [-0.3, -0.25) is 0 Å². The molecule has 17 heavy (non-hydrogen) atoms. The molecular weight excluding hydrogens is 216 g/mol. The minimum Gasteiger partial charge on any atom is -0.379 e. The lowest BCUT2D eigenvalue weighted by Gasteiger charge is -2.23. The lowest BCUT2D eigenvalue weighted by molar-refractivity contribution is 0.0762. The normalized spacial score (nSPS) is 20.9. The standard InChI is InChI=1S/C12H16N4O/c1-16-11(7-9-8-17-6-5-13-9)15-10-3-2-4-14-12(10)16/h2-4,9,13H,5-8H2,1H3. The predicted octanol–water partition coefficient (Wildman–Crippen LogP) is 0.499. The van der Waals surface area contributed by atoms with Crippen LogP contribution in [0.5, 0.6) is 0 Å². The van der Waals surface area contributed by atoms with Crippen molar-refractivity contribution in [2.24, 2.45) is 7.05 Å². The third kappa shape index (κ3) is 2.03. The second-order valence-electron chi connectivity index (χ2n) is 4.36. The monoisotopic (exact) mass is 232 g/mol. The Labute approximate surface area is 99.8 Å². The van der Waals surface area contributed by atoms with Crippen molar-refractivity contribution >= 4 is 11.2 Å². The number of nitrogens with zero attached hydrogens (tertiary/aromatic N) is 3. The Morgan fingerprint density at radius 1 is 1.59 bits per heavy atom. The molecular formula is C12H16N4O. The highest BCUT2D eigenvalue weighted by atomic mass is 16.5. The van der Waals surface area contributed by atoms with Crippen molar-refractivity contribution in [1.82, 2.24) is 19.9 Å². The number of imidazole rings is 1. The number of aromatic nitrogens is 3. The third-order valence-corrected chi connectivity index (χ3v) is 3.15. The van der Waals surface area contributed by atoms with Crippen LogP contribution in [-0.4, -0.2) is 40.3 Å². The van der Waals surface area contributed by atoms with Crippen molar-refractivity contribution in [3.05, 3.63) is 24.2 Å². The predicted molar refractivity (Wildman–Crippen MR) is 64.8 cm³/mol. The highest BCUT2D eigenvalue weighted by molar-refractivity contribution is 5.70. The summed E-state index contributed by atoms with van der Waals surface area (Å²) in [5, 5.41) is 3.44. The first-order valence-electron chi connectivity index (χ1n) is 5.92. The van der Waals surface area contributed by atoms with E-state index in [0.717, 1.165) is 43.2 Å². The smallest absolute Gasteiger partial charge is 0.159 e. The second-order valence-corrected chi connectivity index (χ2v) is 4.36. The van der Waals surface area contributed by atoms with E-state index in [0.29, 0.717) is 6.04 Å². The Morgan fingerprint density at radius 2 is 2.53 bits per heavy atom. The van der Waals surface area contributed by atoms with Crippen LogP contribution in [0.15, 0.2) is 18.3 Å². The summed E-state index contributed by atoms with van der Waals surface area (Å²) >= 11 is 0. The van der Waals surface area contributed by atoms with Crippen LogP contribution >= 0.6 is 0 Å². The first-order valence-corrected chi connectivity index (χ1v) is 5.92. The maximum atomic E-state index is 5.45. The number of morpholine rings is 1. The molecule has 0 amide bonds. The molecule has 5 nitrogen and oxygen atoms in total. The van der Waals surface area contributed by atoms with Crippen LogP contribution in [0, 0.1) is 0 Å². The molecule has 2 aromatic heterocycles. The summed E-state index contributed by atoms with van der Waals surface area (Å²) in [7, 11) is 2.02. The molecule has 1 aliphatic heterocycles. The van der Waals surface area contributed by atoms with Gasteiger partial charge in [0.05, 0.1) is 13.2 Å². The summed E-state index contributed by atoms with van der Waals surface area (Å²) in [6.45, 7) is 2.49. The molecule has 1 unspecified atom stereocenters. The van der Waals surface area contributed by atoms with E-state index >= 15 is 0 Å². The van der Waals surface area contributed by atoms with Crippen LogP contribution in [0.25, 0.3) is 11.2 Å². The van der Waals surface area contributed by atoms with E-state index in [1.165, 1.54) is 0 Å². The molecule has 0 aromatic carbocycles. The summed E-state index contributed by atoms with van der Waals surface area (Å²) in [6, 6.07) is 4.27. The molecule has 1 saturated heterocycles. The first-order chi connectivity index (χ1) is 8.34. The summed E-state index contributed by atoms with van der Waals surface area (Å²) < 4.78 is 7.51. The lowest BCUT2D eigenvalue weighted by atomic mass is 10.2. The fourth-order valence-electron chi connectivity index (χ4n) is 2.22. The quantitative estimate of drug-likeness (QED) is 0.819. The summed E-state index contributed by atoms with van der Waals surface area (Å²) in [6.07, 6.45) is 2.68. The number of pyridine rings is 1. The number of ether oxygens (including phenoxy) is 1. The molecule has 0 radical (unpaired) electrons. The highest BCUT2D eigenvalue weighted by Crippen LogP contribution is 2.13. The molecule has 3 rings (SSSR count). The molecule has 3 heterocycles. The van der Waals surface area contributed by atoms with Gasteiger partial charge in [0.2, 0.25) is 0 Å². The largest absolute Gasteiger partial charge is 0.379 e. The molecule has 0 bridgehead atoms. The van der Waals surface area contributed by atoms with Gasteiger partial charge < -0.3 is 14.6 Å². The molecule has 1 atom stereocenters. The van der Waals surface area contributed by atoms with Crippen LogP contribution in [0.2, 0.25) is 0 Å². The average Bonchev–Trinajstić information content (AvgIpc) is 2.68. The molecule has 0 saturated carbocycles. The maximum Gasteiger partial charge on any atom is 0.159 e. The maximum absolute atomic E-state index is 5.45. The zero-order chi connectivity index (χ0) is 11.7. The van der Waals surface area contributed by atoms with Crippen molar-refractivity contribution in [2.45, 2.75) is 12.5 Å². The van der Waals surface area contributed by atoms with Crippen molar-refractivity contribution in [1.29, 1.82) is 0 Å². The van der Waals surface area contributed by atoms with Gasteiger partial charge in [0, 0.05) is 32.3 Å². The van der Waals surface area contributed by atoms with E-state index < -0.39 is 0 Å². The van der Waals surface area contributed by atoms with E-state index in [1.807, 2.05) is 19.2 Å². The Bertz CT molecular complexity index is 516. The van der Waals surface area contributed by atoms with Gasteiger partial charge in [-0.05, 0) is 12.1 Å². The van der Waals surface area contributed by atoms with Gasteiger partial charge in [0.25, 0.3) is 0 Å². The van der Waals surface area contributed by atoms with Gasteiger partial charge >= 0.3 is 0 Å². The van der Waals surface area contributed by atoms with Crippen LogP contribution in [-0.2, 0) is 18.2 Å². The highest BCUT2D eigenvalue weighted by Gasteiger charge is 2.17. The second kappa shape index (κ2) is 4.43. The fourth-order valence-corrected chi connectivity index (χ4v) is 2.22. The Hall–Kier alpha value is -1.46. The number of nitrogens with one attached hydrogen (secondary N) is 1. The fraction of sp³-hybridized carbons (Fsp3) is 0.500. The Morgan fingerprint density at radius 3 is 3.29 bits per heavy atom. The van der Waals surface area contributed by atoms with Gasteiger partial charge in [-0.25, -0.2) is 9.97 Å².